The number of rotatable bonds is 2. The standard InChI is InChI=1S/C13H24N2O2.ClH/c1-13(14)7-3-2-4-11(13)12(16)15-10-5-8-17-9-6-10;/h10-11H,2-9,14H2,1H3,(H,15,16);1H. The topological polar surface area (TPSA) is 64.4 Å². The molecule has 4 nitrogen and oxygen atoms in total. The van der Waals surface area contributed by atoms with Crippen molar-refractivity contribution in [3.05, 3.63) is 0 Å². The predicted octanol–water partition coefficient (Wildman–Crippen LogP) is 1.61. The Kier molecular flexibility index (Phi) is 5.89. The van der Waals surface area contributed by atoms with E-state index in [0.29, 0.717) is 0 Å². The van der Waals surface area contributed by atoms with Gasteiger partial charge in [-0.15, -0.1) is 12.4 Å². The number of hydrogen-bond donors (Lipinski definition) is 2. The van der Waals surface area contributed by atoms with Gasteiger partial charge in [-0.3, -0.25) is 4.79 Å². The maximum Gasteiger partial charge on any atom is 0.225 e. The highest BCUT2D eigenvalue weighted by molar-refractivity contribution is 5.85. The molecule has 1 amide bonds. The highest BCUT2D eigenvalue weighted by Crippen LogP contribution is 2.31. The number of nitrogens with two attached hydrogens (primary N) is 1. The van der Waals surface area contributed by atoms with Crippen molar-refractivity contribution in [2.75, 3.05) is 13.2 Å². The first kappa shape index (κ1) is 15.7. The van der Waals surface area contributed by atoms with E-state index in [4.69, 9.17) is 10.5 Å². The van der Waals surface area contributed by atoms with E-state index in [9.17, 15) is 4.79 Å². The van der Waals surface area contributed by atoms with Gasteiger partial charge in [-0.2, -0.15) is 0 Å². The van der Waals surface area contributed by atoms with Crippen molar-refractivity contribution in [3.63, 3.8) is 0 Å². The van der Waals surface area contributed by atoms with Gasteiger partial charge in [0.1, 0.15) is 0 Å². The zero-order chi connectivity index (χ0) is 12.3. The summed E-state index contributed by atoms with van der Waals surface area (Å²) in [4.78, 5) is 12.3. The lowest BCUT2D eigenvalue weighted by molar-refractivity contribution is -0.129. The third-order valence-electron chi connectivity index (χ3n) is 4.14. The molecule has 1 saturated carbocycles. The molecule has 1 aliphatic carbocycles. The zero-order valence-corrected chi connectivity index (χ0v) is 11.9. The van der Waals surface area contributed by atoms with Gasteiger partial charge in [-0.05, 0) is 32.6 Å². The van der Waals surface area contributed by atoms with Crippen LogP contribution in [0.25, 0.3) is 0 Å². The minimum absolute atomic E-state index is 0. The fourth-order valence-electron chi connectivity index (χ4n) is 2.93. The first-order chi connectivity index (χ1) is 8.09. The molecule has 0 aromatic heterocycles. The van der Waals surface area contributed by atoms with Gasteiger partial charge in [0.15, 0.2) is 0 Å². The summed E-state index contributed by atoms with van der Waals surface area (Å²) in [6.45, 7) is 3.53. The number of ether oxygens (including phenoxy) is 1. The largest absolute Gasteiger partial charge is 0.381 e. The lowest BCUT2D eigenvalue weighted by Crippen LogP contribution is -2.54. The Bertz CT molecular complexity index is 278. The van der Waals surface area contributed by atoms with Gasteiger partial charge in [0, 0.05) is 24.8 Å². The Morgan fingerprint density at radius 3 is 2.56 bits per heavy atom. The van der Waals surface area contributed by atoms with Crippen LogP contribution in [0.2, 0.25) is 0 Å². The first-order valence-corrected chi connectivity index (χ1v) is 6.76. The van der Waals surface area contributed by atoms with Crippen molar-refractivity contribution in [1.29, 1.82) is 0 Å². The van der Waals surface area contributed by atoms with Crippen LogP contribution in [0, 0.1) is 5.92 Å². The summed E-state index contributed by atoms with van der Waals surface area (Å²) in [5.74, 6) is 0.140. The molecule has 2 atom stereocenters. The van der Waals surface area contributed by atoms with Gasteiger partial charge >= 0.3 is 0 Å². The van der Waals surface area contributed by atoms with E-state index in [1.165, 1.54) is 0 Å². The Balaban J connectivity index is 0.00000162. The third kappa shape index (κ3) is 3.84. The van der Waals surface area contributed by atoms with E-state index in [-0.39, 0.29) is 35.8 Å². The number of carbonyl (C=O) groups excluding carboxylic acids is 1. The summed E-state index contributed by atoms with van der Waals surface area (Å²) >= 11 is 0. The maximum atomic E-state index is 12.3. The molecule has 2 fully saturated rings. The summed E-state index contributed by atoms with van der Waals surface area (Å²) in [5.41, 5.74) is 5.92. The van der Waals surface area contributed by atoms with Crippen LogP contribution in [0.1, 0.15) is 45.4 Å². The Morgan fingerprint density at radius 1 is 1.28 bits per heavy atom. The molecule has 0 aromatic rings. The molecule has 5 heteroatoms. The third-order valence-corrected chi connectivity index (χ3v) is 4.14. The number of amides is 1. The van der Waals surface area contributed by atoms with Crippen LogP contribution < -0.4 is 11.1 Å². The van der Waals surface area contributed by atoms with E-state index >= 15 is 0 Å². The highest BCUT2D eigenvalue weighted by Gasteiger charge is 2.38. The van der Waals surface area contributed by atoms with Crippen LogP contribution in [-0.2, 0) is 9.53 Å². The second-order valence-corrected chi connectivity index (χ2v) is 5.70. The quantitative estimate of drug-likeness (QED) is 0.805. The van der Waals surface area contributed by atoms with Crippen molar-refractivity contribution < 1.29 is 9.53 Å². The summed E-state index contributed by atoms with van der Waals surface area (Å²) in [7, 11) is 0. The summed E-state index contributed by atoms with van der Waals surface area (Å²) < 4.78 is 5.29. The summed E-state index contributed by atoms with van der Waals surface area (Å²) in [6.07, 6.45) is 6.02. The van der Waals surface area contributed by atoms with Crippen LogP contribution in [-0.4, -0.2) is 30.7 Å². The molecule has 3 N–H and O–H groups in total. The Morgan fingerprint density at radius 2 is 1.94 bits per heavy atom. The smallest absolute Gasteiger partial charge is 0.225 e. The van der Waals surface area contributed by atoms with Crippen LogP contribution >= 0.6 is 12.4 Å². The van der Waals surface area contributed by atoms with E-state index in [0.717, 1.165) is 51.7 Å². The average Bonchev–Trinajstić information content (AvgIpc) is 2.29. The number of carbonyl (C=O) groups is 1. The van der Waals surface area contributed by atoms with Gasteiger partial charge in [0.2, 0.25) is 5.91 Å². The van der Waals surface area contributed by atoms with Gasteiger partial charge in [0.05, 0.1) is 5.92 Å². The lowest BCUT2D eigenvalue weighted by atomic mass is 9.74. The summed E-state index contributed by atoms with van der Waals surface area (Å²) in [5, 5.41) is 3.15. The van der Waals surface area contributed by atoms with Crippen molar-refractivity contribution in [2.45, 2.75) is 57.0 Å². The van der Waals surface area contributed by atoms with Crippen molar-refractivity contribution in [2.24, 2.45) is 11.7 Å². The molecule has 1 heterocycles. The number of hydrogen-bond acceptors (Lipinski definition) is 3. The van der Waals surface area contributed by atoms with Crippen molar-refractivity contribution in [1.82, 2.24) is 5.32 Å². The van der Waals surface area contributed by atoms with Gasteiger partial charge < -0.3 is 15.8 Å². The van der Waals surface area contributed by atoms with Gasteiger partial charge in [-0.25, -0.2) is 0 Å². The van der Waals surface area contributed by atoms with E-state index in [1.54, 1.807) is 0 Å². The van der Waals surface area contributed by atoms with Crippen LogP contribution in [0.15, 0.2) is 0 Å². The number of halogens is 1. The van der Waals surface area contributed by atoms with E-state index < -0.39 is 0 Å². The predicted molar refractivity (Wildman–Crippen MR) is 73.8 cm³/mol. The summed E-state index contributed by atoms with van der Waals surface area (Å²) in [6, 6.07) is 0.286. The minimum Gasteiger partial charge on any atom is -0.381 e. The second kappa shape index (κ2) is 6.73. The molecule has 0 spiro atoms. The molecular weight excluding hydrogens is 252 g/mol. The van der Waals surface area contributed by atoms with Crippen LogP contribution in [0.3, 0.4) is 0 Å². The fraction of sp³-hybridized carbons (Fsp3) is 0.923. The van der Waals surface area contributed by atoms with Gasteiger partial charge in [0.25, 0.3) is 0 Å². The minimum atomic E-state index is -0.326. The molecule has 2 aliphatic rings. The van der Waals surface area contributed by atoms with Crippen molar-refractivity contribution >= 4 is 18.3 Å². The number of nitrogens with one attached hydrogen (secondary N) is 1. The fourth-order valence-corrected chi connectivity index (χ4v) is 2.93. The maximum absolute atomic E-state index is 12.3. The molecule has 18 heavy (non-hydrogen) atoms. The van der Waals surface area contributed by atoms with E-state index in [1.807, 2.05) is 6.92 Å². The van der Waals surface area contributed by atoms with Crippen LogP contribution in [0.4, 0.5) is 0 Å². The molecule has 0 aromatic carbocycles. The molecular formula is C13H25ClN2O2. The SMILES string of the molecule is CC1(N)CCCCC1C(=O)NC1CCOCC1.Cl. The molecule has 0 bridgehead atoms. The molecule has 106 valence electrons. The second-order valence-electron chi connectivity index (χ2n) is 5.70. The van der Waals surface area contributed by atoms with E-state index in [2.05, 4.69) is 5.32 Å². The Hall–Kier alpha value is -0.320. The zero-order valence-electron chi connectivity index (χ0n) is 11.1. The Labute approximate surface area is 115 Å². The molecule has 1 aliphatic heterocycles. The molecule has 2 unspecified atom stereocenters. The van der Waals surface area contributed by atoms with Crippen molar-refractivity contribution in [3.8, 4) is 0 Å². The average molecular weight is 277 g/mol. The molecule has 0 radical (unpaired) electrons. The molecule has 2 rings (SSSR count). The lowest BCUT2D eigenvalue weighted by Gasteiger charge is -2.38. The first-order valence-electron chi connectivity index (χ1n) is 6.76. The normalized spacial score (nSPS) is 33.6. The van der Waals surface area contributed by atoms with Crippen LogP contribution in [0.5, 0.6) is 0 Å². The monoisotopic (exact) mass is 276 g/mol. The highest BCUT2D eigenvalue weighted by atomic mass is 35.5. The van der Waals surface area contributed by atoms with Gasteiger partial charge in [-0.1, -0.05) is 12.8 Å². The molecule has 1 saturated heterocycles.